The van der Waals surface area contributed by atoms with E-state index in [1.54, 1.807) is 0 Å². The van der Waals surface area contributed by atoms with Gasteiger partial charge in [-0.3, -0.25) is 4.79 Å². The molecule has 2 aromatic rings. The largest absolute Gasteiger partial charge is 0.441 e. The summed E-state index contributed by atoms with van der Waals surface area (Å²) in [5.74, 6) is 1.43. The molecule has 3 rings (SSSR count). The lowest BCUT2D eigenvalue weighted by atomic mass is 9.91. The molecule has 1 aliphatic rings. The van der Waals surface area contributed by atoms with Crippen molar-refractivity contribution >= 4 is 5.91 Å². The molecule has 1 fully saturated rings. The van der Waals surface area contributed by atoms with Crippen molar-refractivity contribution in [3.05, 3.63) is 41.8 Å². The van der Waals surface area contributed by atoms with E-state index in [-0.39, 0.29) is 5.91 Å². The third kappa shape index (κ3) is 2.84. The van der Waals surface area contributed by atoms with Gasteiger partial charge in [0.15, 0.2) is 0 Å². The molecule has 0 radical (unpaired) electrons. The van der Waals surface area contributed by atoms with Gasteiger partial charge in [0.05, 0.1) is 12.1 Å². The first-order chi connectivity index (χ1) is 10.1. The van der Waals surface area contributed by atoms with Gasteiger partial charge < -0.3 is 9.32 Å². The lowest BCUT2D eigenvalue weighted by Crippen LogP contribution is -2.42. The zero-order valence-electron chi connectivity index (χ0n) is 12.5. The van der Waals surface area contributed by atoms with Crippen LogP contribution in [0.1, 0.15) is 30.7 Å². The summed E-state index contributed by atoms with van der Waals surface area (Å²) in [4.78, 5) is 18.6. The van der Waals surface area contributed by atoms with Gasteiger partial charge in [0, 0.05) is 18.7 Å². The van der Waals surface area contributed by atoms with Crippen LogP contribution in [-0.2, 0) is 11.2 Å². The highest BCUT2D eigenvalue weighted by atomic mass is 16.4. The monoisotopic (exact) mass is 284 g/mol. The molecule has 0 spiro atoms. The number of hydrogen-bond donors (Lipinski definition) is 0. The highest BCUT2D eigenvalue weighted by molar-refractivity contribution is 5.78. The molecule has 4 nitrogen and oxygen atoms in total. The van der Waals surface area contributed by atoms with Crippen LogP contribution >= 0.6 is 0 Å². The van der Waals surface area contributed by atoms with Crippen LogP contribution in [0.4, 0.5) is 0 Å². The van der Waals surface area contributed by atoms with Gasteiger partial charge >= 0.3 is 0 Å². The quantitative estimate of drug-likeness (QED) is 0.866. The molecule has 0 atom stereocenters. The number of rotatable bonds is 4. The number of benzene rings is 1. The Bertz CT molecular complexity index is 629. The van der Waals surface area contributed by atoms with Crippen LogP contribution in [0.2, 0.25) is 0 Å². The summed E-state index contributed by atoms with van der Waals surface area (Å²) in [5.41, 5.74) is 1.68. The number of carbonyl (C=O) groups is 1. The second-order valence-corrected chi connectivity index (χ2v) is 5.65. The fraction of sp³-hybridized carbons (Fsp3) is 0.412. The lowest BCUT2D eigenvalue weighted by molar-refractivity contribution is -0.132. The van der Waals surface area contributed by atoms with E-state index in [1.807, 2.05) is 49.2 Å². The Morgan fingerprint density at radius 2 is 2.05 bits per heavy atom. The van der Waals surface area contributed by atoms with Crippen molar-refractivity contribution in [2.24, 2.45) is 0 Å². The van der Waals surface area contributed by atoms with Crippen LogP contribution in [0.15, 0.2) is 34.7 Å². The Labute approximate surface area is 124 Å². The molecule has 4 heteroatoms. The van der Waals surface area contributed by atoms with E-state index >= 15 is 0 Å². The topological polar surface area (TPSA) is 46.3 Å². The van der Waals surface area contributed by atoms with Crippen molar-refractivity contribution in [1.82, 2.24) is 9.88 Å². The summed E-state index contributed by atoms with van der Waals surface area (Å²) in [6, 6.07) is 10.2. The predicted octanol–water partition coefficient (Wildman–Crippen LogP) is 3.20. The third-order valence-corrected chi connectivity index (χ3v) is 4.25. The molecule has 0 saturated heterocycles. The Kier molecular flexibility index (Phi) is 3.78. The van der Waals surface area contributed by atoms with Crippen molar-refractivity contribution in [2.75, 3.05) is 7.05 Å². The number of likely N-dealkylation sites (N-methyl/N-ethyl adjacent to an activating group) is 1. The number of oxazole rings is 1. The van der Waals surface area contributed by atoms with E-state index in [1.165, 1.54) is 6.42 Å². The Morgan fingerprint density at radius 1 is 1.33 bits per heavy atom. The van der Waals surface area contributed by atoms with E-state index in [0.717, 1.165) is 29.9 Å². The van der Waals surface area contributed by atoms with E-state index in [4.69, 9.17) is 4.42 Å². The van der Waals surface area contributed by atoms with E-state index < -0.39 is 0 Å². The van der Waals surface area contributed by atoms with Gasteiger partial charge in [0.25, 0.3) is 0 Å². The first kappa shape index (κ1) is 13.9. The summed E-state index contributed by atoms with van der Waals surface area (Å²) in [7, 11) is 1.89. The second kappa shape index (κ2) is 5.72. The lowest BCUT2D eigenvalue weighted by Gasteiger charge is -2.34. The van der Waals surface area contributed by atoms with Gasteiger partial charge in [-0.15, -0.1) is 0 Å². The van der Waals surface area contributed by atoms with Crippen LogP contribution < -0.4 is 0 Å². The van der Waals surface area contributed by atoms with Crippen LogP contribution in [0.5, 0.6) is 0 Å². The van der Waals surface area contributed by atoms with Crippen molar-refractivity contribution in [1.29, 1.82) is 0 Å². The SMILES string of the molecule is Cc1oc(-c2ccccc2)nc1CC(=O)N(C)C1CCC1. The fourth-order valence-electron chi connectivity index (χ4n) is 2.54. The highest BCUT2D eigenvalue weighted by Crippen LogP contribution is 2.25. The molecular weight excluding hydrogens is 264 g/mol. The molecule has 0 aliphatic heterocycles. The minimum Gasteiger partial charge on any atom is -0.441 e. The average Bonchev–Trinajstić information content (AvgIpc) is 2.79. The number of aryl methyl sites for hydroxylation is 1. The van der Waals surface area contributed by atoms with Gasteiger partial charge in [0.1, 0.15) is 5.76 Å². The molecule has 1 aromatic heterocycles. The van der Waals surface area contributed by atoms with Gasteiger partial charge in [-0.2, -0.15) is 0 Å². The Morgan fingerprint density at radius 3 is 2.67 bits per heavy atom. The molecule has 1 aromatic carbocycles. The summed E-state index contributed by atoms with van der Waals surface area (Å²) in [6.07, 6.45) is 3.78. The highest BCUT2D eigenvalue weighted by Gasteiger charge is 2.26. The fourth-order valence-corrected chi connectivity index (χ4v) is 2.54. The van der Waals surface area contributed by atoms with Gasteiger partial charge in [0.2, 0.25) is 11.8 Å². The smallest absolute Gasteiger partial charge is 0.228 e. The Hall–Kier alpha value is -2.10. The number of nitrogens with zero attached hydrogens (tertiary/aromatic N) is 2. The third-order valence-electron chi connectivity index (χ3n) is 4.25. The van der Waals surface area contributed by atoms with Crippen LogP contribution in [0, 0.1) is 6.92 Å². The molecule has 1 aliphatic carbocycles. The predicted molar refractivity (Wildman–Crippen MR) is 80.8 cm³/mol. The molecule has 1 heterocycles. The van der Waals surface area contributed by atoms with Crippen molar-refractivity contribution in [3.8, 4) is 11.5 Å². The minimum absolute atomic E-state index is 0.121. The number of carbonyl (C=O) groups excluding carboxylic acids is 1. The standard InChI is InChI=1S/C17H20N2O2/c1-12-15(11-16(20)19(2)14-9-6-10-14)18-17(21-12)13-7-4-3-5-8-13/h3-5,7-8,14H,6,9-11H2,1-2H3. The summed E-state index contributed by atoms with van der Waals surface area (Å²) in [6.45, 7) is 1.87. The average molecular weight is 284 g/mol. The summed E-state index contributed by atoms with van der Waals surface area (Å²) >= 11 is 0. The van der Waals surface area contributed by atoms with Crippen molar-refractivity contribution in [2.45, 2.75) is 38.6 Å². The first-order valence-corrected chi connectivity index (χ1v) is 7.42. The van der Waals surface area contributed by atoms with Crippen LogP contribution in [0.25, 0.3) is 11.5 Å². The zero-order chi connectivity index (χ0) is 14.8. The number of aromatic nitrogens is 1. The molecule has 0 unspecified atom stereocenters. The zero-order valence-corrected chi connectivity index (χ0v) is 12.5. The molecule has 0 bridgehead atoms. The maximum Gasteiger partial charge on any atom is 0.228 e. The van der Waals surface area contributed by atoms with Gasteiger partial charge in [-0.25, -0.2) is 4.98 Å². The minimum atomic E-state index is 0.121. The van der Waals surface area contributed by atoms with Gasteiger partial charge in [-0.1, -0.05) is 18.2 Å². The molecule has 110 valence electrons. The maximum absolute atomic E-state index is 12.3. The normalized spacial score (nSPS) is 14.8. The Balaban J connectivity index is 1.74. The second-order valence-electron chi connectivity index (χ2n) is 5.65. The molecule has 0 N–H and O–H groups in total. The van der Waals surface area contributed by atoms with E-state index in [0.29, 0.717) is 18.4 Å². The maximum atomic E-state index is 12.3. The molecule has 1 amide bonds. The van der Waals surface area contributed by atoms with E-state index in [2.05, 4.69) is 4.98 Å². The molecular formula is C17H20N2O2. The van der Waals surface area contributed by atoms with Crippen LogP contribution in [-0.4, -0.2) is 28.9 Å². The number of hydrogen-bond acceptors (Lipinski definition) is 3. The molecule has 1 saturated carbocycles. The van der Waals surface area contributed by atoms with E-state index in [9.17, 15) is 4.79 Å². The number of amides is 1. The summed E-state index contributed by atoms with van der Waals surface area (Å²) < 4.78 is 5.70. The molecule has 21 heavy (non-hydrogen) atoms. The van der Waals surface area contributed by atoms with Crippen molar-refractivity contribution in [3.63, 3.8) is 0 Å². The summed E-state index contributed by atoms with van der Waals surface area (Å²) in [5, 5.41) is 0. The van der Waals surface area contributed by atoms with Crippen molar-refractivity contribution < 1.29 is 9.21 Å². The van der Waals surface area contributed by atoms with Gasteiger partial charge in [-0.05, 0) is 38.3 Å². The first-order valence-electron chi connectivity index (χ1n) is 7.42. The van der Waals surface area contributed by atoms with Crippen LogP contribution in [0.3, 0.4) is 0 Å².